The highest BCUT2D eigenvalue weighted by atomic mass is 16.5. The van der Waals surface area contributed by atoms with E-state index < -0.39 is 6.09 Å². The smallest absolute Gasteiger partial charge is 0.412 e. The zero-order valence-corrected chi connectivity index (χ0v) is 12.5. The quantitative estimate of drug-likeness (QED) is 0.883. The van der Waals surface area contributed by atoms with Crippen molar-refractivity contribution in [3.63, 3.8) is 0 Å². The molecule has 0 fully saturated rings. The fourth-order valence-corrected chi connectivity index (χ4v) is 1.76. The molecule has 2 N–H and O–H groups in total. The molecule has 1 aromatic heterocycles. The van der Waals surface area contributed by atoms with Crippen LogP contribution in [0.2, 0.25) is 0 Å². The van der Waals surface area contributed by atoms with Crippen molar-refractivity contribution in [2.75, 3.05) is 32.0 Å². The average Bonchev–Trinajstić information content (AvgIpc) is 2.56. The first-order valence-electron chi connectivity index (χ1n) is 6.46. The van der Waals surface area contributed by atoms with Crippen LogP contribution in [0.5, 0.6) is 11.5 Å². The number of nitrogens with zero attached hydrogens (tertiary/aromatic N) is 1. The number of nitrogens with one attached hydrogen (secondary N) is 2. The number of rotatable bonds is 5. The van der Waals surface area contributed by atoms with Gasteiger partial charge in [0, 0.05) is 6.07 Å². The number of carbonyl (C=O) groups excluding carboxylic acids is 1. The Morgan fingerprint density at radius 1 is 1.09 bits per heavy atom. The molecule has 0 aliphatic heterocycles. The SMILES string of the molecule is COC(=O)Nc1ccc(Nc2cc(OC)ccc2OC)cn1. The van der Waals surface area contributed by atoms with Crippen LogP contribution >= 0.6 is 0 Å². The molecule has 7 heteroatoms. The third-order valence-corrected chi connectivity index (χ3v) is 2.86. The van der Waals surface area contributed by atoms with E-state index in [0.29, 0.717) is 17.3 Å². The molecule has 2 aromatic rings. The summed E-state index contributed by atoms with van der Waals surface area (Å²) < 4.78 is 15.0. The Bertz CT molecular complexity index is 644. The van der Waals surface area contributed by atoms with Crippen LogP contribution in [0.1, 0.15) is 0 Å². The van der Waals surface area contributed by atoms with E-state index in [0.717, 1.165) is 11.4 Å². The van der Waals surface area contributed by atoms with Gasteiger partial charge in [-0.25, -0.2) is 9.78 Å². The lowest BCUT2D eigenvalue weighted by molar-refractivity contribution is 0.187. The van der Waals surface area contributed by atoms with Crippen LogP contribution in [0.15, 0.2) is 36.5 Å². The van der Waals surface area contributed by atoms with Crippen LogP contribution in [0.4, 0.5) is 22.0 Å². The van der Waals surface area contributed by atoms with Gasteiger partial charge in [-0.15, -0.1) is 0 Å². The molecule has 116 valence electrons. The van der Waals surface area contributed by atoms with Gasteiger partial charge in [0.25, 0.3) is 0 Å². The molecule has 0 radical (unpaired) electrons. The van der Waals surface area contributed by atoms with Crippen molar-refractivity contribution >= 4 is 23.3 Å². The number of ether oxygens (including phenoxy) is 3. The molecule has 7 nitrogen and oxygen atoms in total. The summed E-state index contributed by atoms with van der Waals surface area (Å²) in [6.07, 6.45) is 1.02. The fraction of sp³-hybridized carbons (Fsp3) is 0.200. The normalized spacial score (nSPS) is 9.77. The molecule has 0 aliphatic carbocycles. The Hall–Kier alpha value is -2.96. The maximum absolute atomic E-state index is 11.1. The van der Waals surface area contributed by atoms with Crippen LogP contribution in [0.25, 0.3) is 0 Å². The highest BCUT2D eigenvalue weighted by Gasteiger charge is 2.06. The van der Waals surface area contributed by atoms with Crippen LogP contribution in [-0.4, -0.2) is 32.4 Å². The van der Waals surface area contributed by atoms with E-state index >= 15 is 0 Å². The Morgan fingerprint density at radius 2 is 1.91 bits per heavy atom. The average molecular weight is 303 g/mol. The van der Waals surface area contributed by atoms with Gasteiger partial charge in [-0.05, 0) is 24.3 Å². The molecule has 22 heavy (non-hydrogen) atoms. The fourth-order valence-electron chi connectivity index (χ4n) is 1.76. The van der Waals surface area contributed by atoms with Gasteiger partial charge >= 0.3 is 6.09 Å². The summed E-state index contributed by atoms with van der Waals surface area (Å²) in [4.78, 5) is 15.2. The molecule has 0 aliphatic rings. The van der Waals surface area contributed by atoms with Crippen LogP contribution in [0.3, 0.4) is 0 Å². The van der Waals surface area contributed by atoms with Gasteiger partial charge in [0.1, 0.15) is 17.3 Å². The Kier molecular flexibility index (Phi) is 5.02. The standard InChI is InChI=1S/C15H17N3O4/c1-20-11-5-6-13(21-2)12(8-11)17-10-4-7-14(16-9-10)18-15(19)22-3/h4-9,17H,1-3H3,(H,16,18,19). The Balaban J connectivity index is 2.15. The second-order valence-corrected chi connectivity index (χ2v) is 4.24. The van der Waals surface area contributed by atoms with Crippen molar-refractivity contribution in [1.82, 2.24) is 4.98 Å². The number of aromatic nitrogens is 1. The zero-order valence-electron chi connectivity index (χ0n) is 12.5. The van der Waals surface area contributed by atoms with E-state index in [1.165, 1.54) is 7.11 Å². The number of benzene rings is 1. The molecule has 0 spiro atoms. The molecule has 0 saturated carbocycles. The van der Waals surface area contributed by atoms with E-state index in [4.69, 9.17) is 9.47 Å². The van der Waals surface area contributed by atoms with Gasteiger partial charge in [-0.3, -0.25) is 5.32 Å². The number of anilines is 3. The second-order valence-electron chi connectivity index (χ2n) is 4.24. The maximum Gasteiger partial charge on any atom is 0.412 e. The van der Waals surface area contributed by atoms with Gasteiger partial charge in [0.15, 0.2) is 0 Å². The topological polar surface area (TPSA) is 81.7 Å². The van der Waals surface area contributed by atoms with E-state index in [-0.39, 0.29) is 0 Å². The van der Waals surface area contributed by atoms with Crippen molar-refractivity contribution in [2.24, 2.45) is 0 Å². The summed E-state index contributed by atoms with van der Waals surface area (Å²) in [5.74, 6) is 1.79. The highest BCUT2D eigenvalue weighted by Crippen LogP contribution is 2.31. The predicted octanol–water partition coefficient (Wildman–Crippen LogP) is 3.02. The maximum atomic E-state index is 11.1. The predicted molar refractivity (Wildman–Crippen MR) is 83.1 cm³/mol. The van der Waals surface area contributed by atoms with E-state index in [1.807, 2.05) is 18.2 Å². The van der Waals surface area contributed by atoms with Crippen molar-refractivity contribution in [1.29, 1.82) is 0 Å². The van der Waals surface area contributed by atoms with E-state index in [9.17, 15) is 4.79 Å². The second kappa shape index (κ2) is 7.16. The van der Waals surface area contributed by atoms with Crippen LogP contribution < -0.4 is 20.1 Å². The minimum absolute atomic E-state index is 0.398. The number of carbonyl (C=O) groups is 1. The molecule has 0 unspecified atom stereocenters. The minimum Gasteiger partial charge on any atom is -0.497 e. The molecular weight excluding hydrogens is 286 g/mol. The molecule has 0 atom stereocenters. The van der Waals surface area contributed by atoms with Gasteiger partial charge < -0.3 is 19.5 Å². The van der Waals surface area contributed by atoms with Gasteiger partial charge in [-0.1, -0.05) is 0 Å². The van der Waals surface area contributed by atoms with Crippen molar-refractivity contribution in [3.8, 4) is 11.5 Å². The first kappa shape index (κ1) is 15.4. The molecule has 0 bridgehead atoms. The lowest BCUT2D eigenvalue weighted by Crippen LogP contribution is -2.11. The first-order valence-corrected chi connectivity index (χ1v) is 6.46. The number of hydrogen-bond donors (Lipinski definition) is 2. The Morgan fingerprint density at radius 3 is 2.50 bits per heavy atom. The minimum atomic E-state index is -0.567. The van der Waals surface area contributed by atoms with Crippen molar-refractivity contribution in [3.05, 3.63) is 36.5 Å². The Labute approximate surface area is 128 Å². The third kappa shape index (κ3) is 3.78. The molecular formula is C15H17N3O4. The number of pyridine rings is 1. The van der Waals surface area contributed by atoms with Crippen LogP contribution in [0, 0.1) is 0 Å². The van der Waals surface area contributed by atoms with Gasteiger partial charge in [0.05, 0.1) is 38.9 Å². The summed E-state index contributed by atoms with van der Waals surface area (Å²) in [7, 11) is 4.48. The molecule has 1 heterocycles. The highest BCUT2D eigenvalue weighted by molar-refractivity contribution is 5.83. The number of amides is 1. The van der Waals surface area contributed by atoms with Gasteiger partial charge in [-0.2, -0.15) is 0 Å². The molecule has 2 rings (SSSR count). The van der Waals surface area contributed by atoms with Gasteiger partial charge in [0.2, 0.25) is 0 Å². The van der Waals surface area contributed by atoms with Crippen molar-refractivity contribution < 1.29 is 19.0 Å². The summed E-state index contributed by atoms with van der Waals surface area (Å²) in [6.45, 7) is 0. The summed E-state index contributed by atoms with van der Waals surface area (Å²) in [5, 5.41) is 5.66. The number of methoxy groups -OCH3 is 3. The summed E-state index contributed by atoms with van der Waals surface area (Å²) >= 11 is 0. The van der Waals surface area contributed by atoms with Crippen molar-refractivity contribution in [2.45, 2.75) is 0 Å². The molecule has 1 aromatic carbocycles. The lowest BCUT2D eigenvalue weighted by Gasteiger charge is -2.12. The van der Waals surface area contributed by atoms with E-state index in [2.05, 4.69) is 20.4 Å². The number of hydrogen-bond acceptors (Lipinski definition) is 6. The van der Waals surface area contributed by atoms with Crippen LogP contribution in [-0.2, 0) is 4.74 Å². The molecule has 0 saturated heterocycles. The lowest BCUT2D eigenvalue weighted by atomic mass is 10.2. The first-order chi connectivity index (χ1) is 10.7. The molecule has 1 amide bonds. The summed E-state index contributed by atoms with van der Waals surface area (Å²) in [5.41, 5.74) is 1.49. The monoisotopic (exact) mass is 303 g/mol. The third-order valence-electron chi connectivity index (χ3n) is 2.86. The largest absolute Gasteiger partial charge is 0.497 e. The van der Waals surface area contributed by atoms with E-state index in [1.54, 1.807) is 32.5 Å². The zero-order chi connectivity index (χ0) is 15.9. The summed E-state index contributed by atoms with van der Waals surface area (Å²) in [6, 6.07) is 8.87.